The van der Waals surface area contributed by atoms with Crippen molar-refractivity contribution in [1.82, 2.24) is 10.2 Å². The first-order chi connectivity index (χ1) is 9.70. The molecule has 0 spiro atoms. The van der Waals surface area contributed by atoms with E-state index in [4.69, 9.17) is 5.26 Å². The number of hydrogen-bond acceptors (Lipinski definition) is 3. The predicted octanol–water partition coefficient (Wildman–Crippen LogP) is 1.80. The van der Waals surface area contributed by atoms with Gasteiger partial charge in [0.25, 0.3) is 0 Å². The Labute approximate surface area is 118 Å². The molecule has 1 fully saturated rings. The van der Waals surface area contributed by atoms with E-state index in [0.717, 1.165) is 25.9 Å². The lowest BCUT2D eigenvalue weighted by atomic mass is 10.1. The molecule has 1 aliphatic rings. The zero-order valence-electron chi connectivity index (χ0n) is 11.4. The minimum absolute atomic E-state index is 0.162. The van der Waals surface area contributed by atoms with E-state index in [-0.39, 0.29) is 11.7 Å². The molecule has 1 aliphatic heterocycles. The van der Waals surface area contributed by atoms with Gasteiger partial charge < -0.3 is 10.2 Å². The second-order valence-corrected chi connectivity index (χ2v) is 4.93. The van der Waals surface area contributed by atoms with Crippen LogP contribution in [-0.4, -0.2) is 30.4 Å². The van der Waals surface area contributed by atoms with E-state index in [2.05, 4.69) is 5.32 Å². The summed E-state index contributed by atoms with van der Waals surface area (Å²) in [5, 5.41) is 11.7. The molecule has 0 unspecified atom stereocenters. The standard InChI is InChI=1S/C15H18FN3O/c16-14-9-12(10-17)3-4-13(14)11-18-6-5-15(20)19-7-1-2-8-19/h3-4,9,18H,1-2,5-8,11H2. The topological polar surface area (TPSA) is 56.1 Å². The van der Waals surface area contributed by atoms with Crippen molar-refractivity contribution in [3.63, 3.8) is 0 Å². The maximum absolute atomic E-state index is 13.6. The number of rotatable bonds is 5. The third kappa shape index (κ3) is 3.78. The lowest BCUT2D eigenvalue weighted by molar-refractivity contribution is -0.130. The lowest BCUT2D eigenvalue weighted by Gasteiger charge is -2.15. The molecule has 0 saturated carbocycles. The van der Waals surface area contributed by atoms with Gasteiger partial charge in [0.1, 0.15) is 5.82 Å². The predicted molar refractivity (Wildman–Crippen MR) is 73.3 cm³/mol. The smallest absolute Gasteiger partial charge is 0.223 e. The molecule has 1 heterocycles. The van der Waals surface area contributed by atoms with Gasteiger partial charge in [-0.25, -0.2) is 4.39 Å². The van der Waals surface area contributed by atoms with Crippen LogP contribution in [0.3, 0.4) is 0 Å². The third-order valence-electron chi connectivity index (χ3n) is 3.47. The number of halogens is 1. The van der Waals surface area contributed by atoms with Crippen LogP contribution >= 0.6 is 0 Å². The monoisotopic (exact) mass is 275 g/mol. The molecular formula is C15H18FN3O. The summed E-state index contributed by atoms with van der Waals surface area (Å²) in [7, 11) is 0. The molecule has 0 aromatic heterocycles. The minimum Gasteiger partial charge on any atom is -0.343 e. The Kier molecular flexibility index (Phi) is 5.08. The number of carbonyl (C=O) groups excluding carboxylic acids is 1. The summed E-state index contributed by atoms with van der Waals surface area (Å²) in [6.07, 6.45) is 2.63. The summed E-state index contributed by atoms with van der Waals surface area (Å²) in [5.74, 6) is -0.224. The Hall–Kier alpha value is -1.93. The number of nitrogens with one attached hydrogen (secondary N) is 1. The molecule has 1 aromatic rings. The number of nitriles is 1. The number of carbonyl (C=O) groups is 1. The van der Waals surface area contributed by atoms with Crippen molar-refractivity contribution in [3.05, 3.63) is 35.1 Å². The minimum atomic E-state index is -0.387. The van der Waals surface area contributed by atoms with Gasteiger partial charge in [-0.3, -0.25) is 4.79 Å². The van der Waals surface area contributed by atoms with E-state index < -0.39 is 0 Å². The molecule has 1 N–H and O–H groups in total. The maximum Gasteiger partial charge on any atom is 0.223 e. The van der Waals surface area contributed by atoms with Gasteiger partial charge in [0, 0.05) is 38.2 Å². The van der Waals surface area contributed by atoms with Gasteiger partial charge in [0.2, 0.25) is 5.91 Å². The molecule has 1 aromatic carbocycles. The van der Waals surface area contributed by atoms with Gasteiger partial charge in [-0.2, -0.15) is 5.26 Å². The molecule has 1 amide bonds. The van der Waals surface area contributed by atoms with Crippen molar-refractivity contribution in [1.29, 1.82) is 5.26 Å². The fraction of sp³-hybridized carbons (Fsp3) is 0.467. The molecule has 4 nitrogen and oxygen atoms in total. The summed E-state index contributed by atoms with van der Waals surface area (Å²) in [5.41, 5.74) is 0.827. The Morgan fingerprint density at radius 2 is 2.15 bits per heavy atom. The van der Waals surface area contributed by atoms with Crippen LogP contribution in [0.15, 0.2) is 18.2 Å². The fourth-order valence-electron chi connectivity index (χ4n) is 2.30. The fourth-order valence-corrected chi connectivity index (χ4v) is 2.30. The molecule has 0 bridgehead atoms. The van der Waals surface area contributed by atoms with E-state index >= 15 is 0 Å². The van der Waals surface area contributed by atoms with E-state index in [1.54, 1.807) is 12.1 Å². The van der Waals surface area contributed by atoms with Gasteiger partial charge in [-0.1, -0.05) is 6.07 Å². The second kappa shape index (κ2) is 7.01. The van der Waals surface area contributed by atoms with Crippen LogP contribution in [0.25, 0.3) is 0 Å². The van der Waals surface area contributed by atoms with Crippen LogP contribution in [0.5, 0.6) is 0 Å². The summed E-state index contributed by atoms with van der Waals surface area (Å²) < 4.78 is 13.6. The van der Waals surface area contributed by atoms with Crippen molar-refractivity contribution in [2.75, 3.05) is 19.6 Å². The Balaban J connectivity index is 1.73. The van der Waals surface area contributed by atoms with E-state index in [9.17, 15) is 9.18 Å². The highest BCUT2D eigenvalue weighted by molar-refractivity contribution is 5.76. The Morgan fingerprint density at radius 1 is 1.40 bits per heavy atom. The summed E-state index contributed by atoms with van der Waals surface area (Å²) in [6.45, 7) is 2.63. The normalized spacial score (nSPS) is 14.3. The first-order valence-electron chi connectivity index (χ1n) is 6.88. The molecule has 0 aliphatic carbocycles. The average molecular weight is 275 g/mol. The van der Waals surface area contributed by atoms with Gasteiger partial charge in [-0.15, -0.1) is 0 Å². The van der Waals surface area contributed by atoms with Gasteiger partial charge >= 0.3 is 0 Å². The Morgan fingerprint density at radius 3 is 2.80 bits per heavy atom. The summed E-state index contributed by atoms with van der Waals surface area (Å²) >= 11 is 0. The van der Waals surface area contributed by atoms with E-state index in [1.165, 1.54) is 6.07 Å². The van der Waals surface area contributed by atoms with Gasteiger partial charge in [0.05, 0.1) is 11.6 Å². The second-order valence-electron chi connectivity index (χ2n) is 4.93. The first kappa shape index (κ1) is 14.5. The SMILES string of the molecule is N#Cc1ccc(CNCCC(=O)N2CCCC2)c(F)c1. The van der Waals surface area contributed by atoms with Crippen molar-refractivity contribution in [2.24, 2.45) is 0 Å². The molecule has 0 atom stereocenters. The number of benzene rings is 1. The van der Waals surface area contributed by atoms with Crippen LogP contribution < -0.4 is 5.32 Å². The average Bonchev–Trinajstić information content (AvgIpc) is 2.98. The molecular weight excluding hydrogens is 257 g/mol. The molecule has 2 rings (SSSR count). The number of likely N-dealkylation sites (tertiary alicyclic amines) is 1. The first-order valence-corrected chi connectivity index (χ1v) is 6.88. The van der Waals surface area contributed by atoms with Gasteiger partial charge in [0.15, 0.2) is 0 Å². The number of nitrogens with zero attached hydrogens (tertiary/aromatic N) is 2. The van der Waals surface area contributed by atoms with Gasteiger partial charge in [-0.05, 0) is 25.0 Å². The molecule has 20 heavy (non-hydrogen) atoms. The van der Waals surface area contributed by atoms with Crippen molar-refractivity contribution in [2.45, 2.75) is 25.8 Å². The van der Waals surface area contributed by atoms with Crippen LogP contribution in [0.2, 0.25) is 0 Å². The maximum atomic E-state index is 13.6. The van der Waals surface area contributed by atoms with Crippen LogP contribution in [0, 0.1) is 17.1 Å². The summed E-state index contributed by atoms with van der Waals surface area (Å²) in [6, 6.07) is 6.32. The van der Waals surface area contributed by atoms with E-state index in [0.29, 0.717) is 30.6 Å². The Bertz CT molecular complexity index is 518. The largest absolute Gasteiger partial charge is 0.343 e. The molecule has 1 saturated heterocycles. The van der Waals surface area contributed by atoms with Crippen LogP contribution in [0.1, 0.15) is 30.4 Å². The number of hydrogen-bond donors (Lipinski definition) is 1. The molecule has 106 valence electrons. The highest BCUT2D eigenvalue weighted by atomic mass is 19.1. The highest BCUT2D eigenvalue weighted by Crippen LogP contribution is 2.10. The molecule has 0 radical (unpaired) electrons. The van der Waals surface area contributed by atoms with E-state index in [1.807, 2.05) is 11.0 Å². The third-order valence-corrected chi connectivity index (χ3v) is 3.47. The zero-order valence-corrected chi connectivity index (χ0v) is 11.4. The van der Waals surface area contributed by atoms with Crippen LogP contribution in [-0.2, 0) is 11.3 Å². The quantitative estimate of drug-likeness (QED) is 0.834. The zero-order chi connectivity index (χ0) is 14.4. The van der Waals surface area contributed by atoms with Crippen molar-refractivity contribution in [3.8, 4) is 6.07 Å². The molecule has 5 heteroatoms. The summed E-state index contributed by atoms with van der Waals surface area (Å²) in [4.78, 5) is 13.7. The highest BCUT2D eigenvalue weighted by Gasteiger charge is 2.16. The lowest BCUT2D eigenvalue weighted by Crippen LogP contribution is -2.30. The van der Waals surface area contributed by atoms with Crippen molar-refractivity contribution >= 4 is 5.91 Å². The van der Waals surface area contributed by atoms with Crippen molar-refractivity contribution < 1.29 is 9.18 Å². The number of amides is 1. The van der Waals surface area contributed by atoms with Crippen LogP contribution in [0.4, 0.5) is 4.39 Å².